The van der Waals surface area contributed by atoms with Crippen LogP contribution in [-0.4, -0.2) is 18.1 Å². The zero-order valence-electron chi connectivity index (χ0n) is 8.45. The number of benzene rings is 1. The molecule has 1 aliphatic rings. The molecular weight excluding hydrogens is 176 g/mol. The van der Waals surface area contributed by atoms with Gasteiger partial charge in [-0.15, -0.1) is 0 Å². The van der Waals surface area contributed by atoms with Crippen molar-refractivity contribution in [3.8, 4) is 0 Å². The Kier molecular flexibility index (Phi) is 2.04. The first kappa shape index (κ1) is 9.21. The zero-order chi connectivity index (χ0) is 10.2. The van der Waals surface area contributed by atoms with Gasteiger partial charge in [-0.25, -0.2) is 0 Å². The minimum atomic E-state index is -0.279. The molecule has 3 heteroatoms. The summed E-state index contributed by atoms with van der Waals surface area (Å²) in [5.74, 6) is 0.126. The van der Waals surface area contributed by atoms with E-state index < -0.39 is 0 Å². The number of carbonyl (C=O) groups excluding carboxylic acids is 1. The number of para-hydroxylation sites is 1. The van der Waals surface area contributed by atoms with E-state index in [0.717, 1.165) is 5.69 Å². The zero-order valence-corrected chi connectivity index (χ0v) is 8.45. The Balaban J connectivity index is 2.38. The molecule has 1 saturated heterocycles. The van der Waals surface area contributed by atoms with Crippen LogP contribution in [0.4, 0.5) is 5.69 Å². The fourth-order valence-corrected chi connectivity index (χ4v) is 1.81. The molecule has 1 aromatic rings. The van der Waals surface area contributed by atoms with Gasteiger partial charge in [-0.05, 0) is 26.0 Å². The van der Waals surface area contributed by atoms with Crippen LogP contribution in [-0.2, 0) is 4.79 Å². The van der Waals surface area contributed by atoms with Crippen molar-refractivity contribution in [2.75, 3.05) is 11.4 Å². The summed E-state index contributed by atoms with van der Waals surface area (Å²) in [6, 6.07) is 9.73. The molecule has 1 fully saturated rings. The largest absolute Gasteiger partial charge is 0.293 e. The highest BCUT2D eigenvalue weighted by Crippen LogP contribution is 2.25. The predicted molar refractivity (Wildman–Crippen MR) is 56.0 cm³/mol. The van der Waals surface area contributed by atoms with Gasteiger partial charge in [-0.1, -0.05) is 18.2 Å². The molecule has 3 nitrogen and oxygen atoms in total. The highest BCUT2D eigenvalue weighted by Gasteiger charge is 2.37. The lowest BCUT2D eigenvalue weighted by atomic mass is 10.2. The summed E-state index contributed by atoms with van der Waals surface area (Å²) >= 11 is 0. The quantitative estimate of drug-likeness (QED) is 0.725. The van der Waals surface area contributed by atoms with E-state index in [0.29, 0.717) is 6.54 Å². The van der Waals surface area contributed by atoms with Gasteiger partial charge in [-0.2, -0.15) is 0 Å². The number of carbonyl (C=O) groups is 1. The molecule has 1 amide bonds. The molecule has 1 heterocycles. The summed E-state index contributed by atoms with van der Waals surface area (Å²) in [7, 11) is 0. The number of nitrogens with one attached hydrogen (secondary N) is 1. The molecule has 0 saturated carbocycles. The third-order valence-corrected chi connectivity index (χ3v) is 2.50. The van der Waals surface area contributed by atoms with Crippen molar-refractivity contribution < 1.29 is 4.79 Å². The Morgan fingerprint density at radius 2 is 1.93 bits per heavy atom. The van der Waals surface area contributed by atoms with Gasteiger partial charge in [0.2, 0.25) is 5.91 Å². The van der Waals surface area contributed by atoms with Crippen molar-refractivity contribution >= 4 is 11.6 Å². The lowest BCUT2D eigenvalue weighted by molar-refractivity contribution is -0.116. The summed E-state index contributed by atoms with van der Waals surface area (Å²) in [5.41, 5.74) is 0.672. The summed E-state index contributed by atoms with van der Waals surface area (Å²) in [6.07, 6.45) is 0. The van der Waals surface area contributed by atoms with Crippen LogP contribution in [0.15, 0.2) is 30.3 Å². The molecule has 0 radical (unpaired) electrons. The van der Waals surface area contributed by atoms with E-state index in [1.165, 1.54) is 0 Å². The lowest BCUT2D eigenvalue weighted by Gasteiger charge is -2.31. The smallest absolute Gasteiger partial charge is 0.242 e. The van der Waals surface area contributed by atoms with E-state index in [4.69, 9.17) is 0 Å². The summed E-state index contributed by atoms with van der Waals surface area (Å²) < 4.78 is 0. The fraction of sp³-hybridized carbons (Fsp3) is 0.364. The van der Waals surface area contributed by atoms with E-state index in [-0.39, 0.29) is 11.6 Å². The van der Waals surface area contributed by atoms with E-state index >= 15 is 0 Å². The first-order chi connectivity index (χ1) is 6.61. The molecule has 0 bridgehead atoms. The highest BCUT2D eigenvalue weighted by atomic mass is 16.2. The van der Waals surface area contributed by atoms with Crippen molar-refractivity contribution in [3.63, 3.8) is 0 Å². The van der Waals surface area contributed by atoms with E-state index in [1.54, 1.807) is 4.90 Å². The SMILES string of the molecule is CC1(C)NCC(=O)N1c1ccccc1. The van der Waals surface area contributed by atoms with Crippen molar-refractivity contribution in [1.29, 1.82) is 0 Å². The summed E-state index contributed by atoms with van der Waals surface area (Å²) in [5, 5.41) is 3.17. The third-order valence-electron chi connectivity index (χ3n) is 2.50. The topological polar surface area (TPSA) is 32.3 Å². The molecule has 0 aliphatic carbocycles. The molecule has 2 rings (SSSR count). The minimum absolute atomic E-state index is 0.126. The monoisotopic (exact) mass is 190 g/mol. The molecule has 0 atom stereocenters. The van der Waals surface area contributed by atoms with Gasteiger partial charge < -0.3 is 0 Å². The van der Waals surface area contributed by atoms with Crippen LogP contribution >= 0.6 is 0 Å². The second kappa shape index (κ2) is 3.10. The molecule has 0 spiro atoms. The van der Waals surface area contributed by atoms with Gasteiger partial charge in [0.15, 0.2) is 0 Å². The minimum Gasteiger partial charge on any atom is -0.293 e. The van der Waals surface area contributed by atoms with Crippen LogP contribution in [0.5, 0.6) is 0 Å². The molecule has 1 aliphatic heterocycles. The molecule has 0 aromatic heterocycles. The van der Waals surface area contributed by atoms with Crippen molar-refractivity contribution in [2.24, 2.45) is 0 Å². The normalized spacial score (nSPS) is 20.1. The van der Waals surface area contributed by atoms with Gasteiger partial charge >= 0.3 is 0 Å². The second-order valence-electron chi connectivity index (χ2n) is 3.98. The molecule has 0 unspecified atom stereocenters. The summed E-state index contributed by atoms with van der Waals surface area (Å²) in [4.78, 5) is 13.5. The van der Waals surface area contributed by atoms with Crippen LogP contribution in [0.25, 0.3) is 0 Å². The number of hydrogen-bond donors (Lipinski definition) is 1. The predicted octanol–water partition coefficient (Wildman–Crippen LogP) is 1.36. The first-order valence-corrected chi connectivity index (χ1v) is 4.74. The van der Waals surface area contributed by atoms with Gasteiger partial charge in [0.25, 0.3) is 0 Å². The molecule has 74 valence electrons. The average molecular weight is 190 g/mol. The van der Waals surface area contributed by atoms with Crippen LogP contribution in [0, 0.1) is 0 Å². The average Bonchev–Trinajstić information content (AvgIpc) is 2.42. The maximum Gasteiger partial charge on any atom is 0.242 e. The Morgan fingerprint density at radius 3 is 2.43 bits per heavy atom. The van der Waals surface area contributed by atoms with Gasteiger partial charge in [0, 0.05) is 5.69 Å². The first-order valence-electron chi connectivity index (χ1n) is 4.74. The molecule has 1 aromatic carbocycles. The van der Waals surface area contributed by atoms with E-state index in [9.17, 15) is 4.79 Å². The number of nitrogens with zero attached hydrogens (tertiary/aromatic N) is 1. The number of rotatable bonds is 1. The molecule has 14 heavy (non-hydrogen) atoms. The van der Waals surface area contributed by atoms with Crippen molar-refractivity contribution in [1.82, 2.24) is 5.32 Å². The second-order valence-corrected chi connectivity index (χ2v) is 3.98. The van der Waals surface area contributed by atoms with Crippen LogP contribution in [0.3, 0.4) is 0 Å². The molecule has 1 N–H and O–H groups in total. The van der Waals surface area contributed by atoms with Crippen LogP contribution < -0.4 is 10.2 Å². The van der Waals surface area contributed by atoms with Crippen LogP contribution in [0.2, 0.25) is 0 Å². The van der Waals surface area contributed by atoms with Gasteiger partial charge in [0.1, 0.15) is 0 Å². The van der Waals surface area contributed by atoms with Crippen molar-refractivity contribution in [3.05, 3.63) is 30.3 Å². The maximum atomic E-state index is 11.7. The Bertz CT molecular complexity index is 346. The summed E-state index contributed by atoms with van der Waals surface area (Å²) in [6.45, 7) is 4.43. The van der Waals surface area contributed by atoms with E-state index in [2.05, 4.69) is 5.32 Å². The van der Waals surface area contributed by atoms with Gasteiger partial charge in [0.05, 0.1) is 12.2 Å². The fourth-order valence-electron chi connectivity index (χ4n) is 1.81. The lowest BCUT2D eigenvalue weighted by Crippen LogP contribution is -2.47. The van der Waals surface area contributed by atoms with E-state index in [1.807, 2.05) is 44.2 Å². The third kappa shape index (κ3) is 1.40. The van der Waals surface area contributed by atoms with Crippen LogP contribution in [0.1, 0.15) is 13.8 Å². The highest BCUT2D eigenvalue weighted by molar-refractivity contribution is 5.98. The number of hydrogen-bond acceptors (Lipinski definition) is 2. The van der Waals surface area contributed by atoms with Crippen molar-refractivity contribution in [2.45, 2.75) is 19.5 Å². The standard InChI is InChI=1S/C11H14N2O/c1-11(2)12-8-10(14)13(11)9-6-4-3-5-7-9/h3-7,12H,8H2,1-2H3. The maximum absolute atomic E-state index is 11.7. The number of amides is 1. The Morgan fingerprint density at radius 1 is 1.29 bits per heavy atom. The van der Waals surface area contributed by atoms with Gasteiger partial charge in [-0.3, -0.25) is 15.0 Å². The number of anilines is 1. The Labute approximate surface area is 83.7 Å². The Hall–Kier alpha value is -1.35. The molecular formula is C11H14N2O.